The molecule has 2 amide bonds. The van der Waals surface area contributed by atoms with Crippen LogP contribution in [0.4, 0.5) is 0 Å². The highest BCUT2D eigenvalue weighted by Crippen LogP contribution is 2.39. The Morgan fingerprint density at radius 2 is 2.13 bits per heavy atom. The lowest BCUT2D eigenvalue weighted by Crippen LogP contribution is -2.78. The minimum Gasteiger partial charge on any atom is -0.460 e. The van der Waals surface area contributed by atoms with Gasteiger partial charge >= 0.3 is 5.97 Å². The Kier molecular flexibility index (Phi) is 5.71. The third-order valence-corrected chi connectivity index (χ3v) is 4.10. The van der Waals surface area contributed by atoms with E-state index < -0.39 is 47.5 Å². The fourth-order valence-electron chi connectivity index (χ4n) is 3.06. The van der Waals surface area contributed by atoms with Crippen LogP contribution in [0.2, 0.25) is 0 Å². The quantitative estimate of drug-likeness (QED) is 0.419. The molecule has 0 aromatic rings. The van der Waals surface area contributed by atoms with E-state index in [1.54, 1.807) is 20.8 Å². The number of ether oxygens (including phenoxy) is 1. The largest absolute Gasteiger partial charge is 0.460 e. The zero-order valence-corrected chi connectivity index (χ0v) is 14.6. The molecular weight excluding hydrogens is 322 g/mol. The summed E-state index contributed by atoms with van der Waals surface area (Å²) in [4.78, 5) is 37.3. The maximum absolute atomic E-state index is 12.5. The molecule has 0 aromatic heterocycles. The number of aliphatic hydroxyl groups excluding tert-OH is 1. The van der Waals surface area contributed by atoms with Gasteiger partial charge in [0.1, 0.15) is 17.2 Å². The van der Waals surface area contributed by atoms with E-state index in [0.717, 1.165) is 0 Å². The predicted octanol–water partition coefficient (Wildman–Crippen LogP) is -1.52. The van der Waals surface area contributed by atoms with Gasteiger partial charge in [-0.05, 0) is 33.7 Å². The van der Waals surface area contributed by atoms with Crippen molar-refractivity contribution in [2.24, 2.45) is 11.7 Å². The summed E-state index contributed by atoms with van der Waals surface area (Å²) in [7, 11) is 0. The molecule has 2 saturated heterocycles. The second-order valence-corrected chi connectivity index (χ2v) is 6.81. The highest BCUT2D eigenvalue weighted by molar-refractivity contribution is 7.59. The van der Waals surface area contributed by atoms with Crippen molar-refractivity contribution >= 4 is 31.3 Å². The summed E-state index contributed by atoms with van der Waals surface area (Å²) in [6.45, 7) is 5.44. The molecule has 4 N–H and O–H groups in total. The van der Waals surface area contributed by atoms with Crippen molar-refractivity contribution in [2.45, 2.75) is 44.4 Å². The molecule has 23 heavy (non-hydrogen) atoms. The van der Waals surface area contributed by atoms with Crippen LogP contribution in [0.3, 0.4) is 0 Å². The maximum Gasteiger partial charge on any atom is 0.312 e. The van der Waals surface area contributed by atoms with Gasteiger partial charge in [-0.3, -0.25) is 14.4 Å². The van der Waals surface area contributed by atoms with E-state index in [4.69, 9.17) is 10.5 Å². The first-order chi connectivity index (χ1) is 10.1. The Balaban J connectivity index is 0.00000264. The number of nitrogens with one attached hydrogen (secondary N) is 1. The molecule has 2 unspecified atom stereocenters. The Morgan fingerprint density at radius 1 is 1.52 bits per heavy atom. The molecule has 0 bridgehead atoms. The molecule has 0 aliphatic carbocycles. The first-order valence-corrected chi connectivity index (χ1v) is 7.31. The Morgan fingerprint density at radius 3 is 2.57 bits per heavy atom. The number of carbonyl (C=O) groups is 3. The van der Waals surface area contributed by atoms with Crippen molar-refractivity contribution in [3.8, 4) is 0 Å². The number of carbonyl (C=O) groups excluding carboxylic acids is 3. The summed E-state index contributed by atoms with van der Waals surface area (Å²) >= 11 is 0. The number of amides is 2. The molecule has 2 heterocycles. The van der Waals surface area contributed by atoms with Crippen molar-refractivity contribution in [3.05, 3.63) is 0 Å². The Bertz CT molecular complexity index is 507. The summed E-state index contributed by atoms with van der Waals surface area (Å²) in [6, 6.07) is -1.06. The van der Waals surface area contributed by atoms with Gasteiger partial charge in [0, 0.05) is 6.54 Å². The summed E-state index contributed by atoms with van der Waals surface area (Å²) in [5, 5.41) is 12.3. The van der Waals surface area contributed by atoms with E-state index in [2.05, 4.69) is 5.32 Å². The van der Waals surface area contributed by atoms with Crippen LogP contribution in [-0.4, -0.2) is 64.7 Å². The van der Waals surface area contributed by atoms with Crippen LogP contribution in [0, 0.1) is 5.92 Å². The molecule has 9 heteroatoms. The number of hydrogen-bond acceptors (Lipinski definition) is 6. The van der Waals surface area contributed by atoms with Crippen molar-refractivity contribution in [1.82, 2.24) is 10.2 Å². The highest BCUT2D eigenvalue weighted by atomic mass is 32.1. The van der Waals surface area contributed by atoms with Gasteiger partial charge < -0.3 is 25.8 Å². The van der Waals surface area contributed by atoms with Crippen LogP contribution in [0.25, 0.3) is 0 Å². The number of nitrogens with two attached hydrogens (primary N) is 1. The molecule has 2 fully saturated rings. The van der Waals surface area contributed by atoms with Gasteiger partial charge in [-0.1, -0.05) is 0 Å². The standard InChI is InChI=1S/C14H23N3O5.H2S/c1-13(2,3)22-11(20)8-4-5-16-14(8)7-17(12(14)21)9(6-18)10(15)19;/h8-9,16,18H,4-7H2,1-3H3,(H2,15,19);1H2/t8?,9-,14?;/m0./s1. The second kappa shape index (κ2) is 6.66. The van der Waals surface area contributed by atoms with Gasteiger partial charge in [-0.25, -0.2) is 0 Å². The van der Waals surface area contributed by atoms with Crippen LogP contribution in [0.5, 0.6) is 0 Å². The molecular formula is C14H25N3O5S. The number of rotatable bonds is 4. The smallest absolute Gasteiger partial charge is 0.312 e. The molecule has 3 atom stereocenters. The summed E-state index contributed by atoms with van der Waals surface area (Å²) < 4.78 is 5.38. The van der Waals surface area contributed by atoms with Gasteiger partial charge in [0.2, 0.25) is 11.8 Å². The summed E-state index contributed by atoms with van der Waals surface area (Å²) in [5.41, 5.74) is 3.51. The number of esters is 1. The van der Waals surface area contributed by atoms with E-state index in [9.17, 15) is 19.5 Å². The molecule has 2 rings (SSSR count). The van der Waals surface area contributed by atoms with Gasteiger partial charge in [0.05, 0.1) is 12.5 Å². The van der Waals surface area contributed by atoms with Gasteiger partial charge in [-0.2, -0.15) is 13.5 Å². The molecule has 0 saturated carbocycles. The van der Waals surface area contributed by atoms with Crippen molar-refractivity contribution in [3.63, 3.8) is 0 Å². The lowest BCUT2D eigenvalue weighted by atomic mass is 9.77. The van der Waals surface area contributed by atoms with Crippen molar-refractivity contribution in [1.29, 1.82) is 0 Å². The molecule has 132 valence electrons. The number of hydrogen-bond donors (Lipinski definition) is 3. The van der Waals surface area contributed by atoms with E-state index >= 15 is 0 Å². The number of aliphatic hydroxyl groups is 1. The SMILES string of the molecule is CC(C)(C)OC(=O)C1CCNC12CN([C@@H](CO)C(N)=O)C2=O.S. The number of likely N-dealkylation sites (tertiary alicyclic amines) is 1. The predicted molar refractivity (Wildman–Crippen MR) is 86.8 cm³/mol. The van der Waals surface area contributed by atoms with Gasteiger partial charge in [0.15, 0.2) is 0 Å². The third kappa shape index (κ3) is 3.46. The minimum absolute atomic E-state index is 0. The maximum atomic E-state index is 12.5. The topological polar surface area (TPSA) is 122 Å². The molecule has 1 spiro atoms. The Labute approximate surface area is 142 Å². The average Bonchev–Trinajstić information content (AvgIpc) is 2.83. The summed E-state index contributed by atoms with van der Waals surface area (Å²) in [5.74, 6) is -2.18. The first kappa shape index (κ1) is 19.7. The van der Waals surface area contributed by atoms with Gasteiger partial charge in [-0.15, -0.1) is 0 Å². The average molecular weight is 347 g/mol. The van der Waals surface area contributed by atoms with Crippen LogP contribution in [-0.2, 0) is 19.1 Å². The van der Waals surface area contributed by atoms with E-state index in [1.165, 1.54) is 4.90 Å². The molecule has 8 nitrogen and oxygen atoms in total. The minimum atomic E-state index is -1.06. The van der Waals surface area contributed by atoms with E-state index in [1.807, 2.05) is 0 Å². The van der Waals surface area contributed by atoms with Gasteiger partial charge in [0.25, 0.3) is 0 Å². The first-order valence-electron chi connectivity index (χ1n) is 7.31. The molecule has 0 radical (unpaired) electrons. The molecule has 2 aliphatic rings. The normalized spacial score (nSPS) is 28.1. The van der Waals surface area contributed by atoms with E-state index in [0.29, 0.717) is 13.0 Å². The van der Waals surface area contributed by atoms with Crippen LogP contribution >= 0.6 is 13.5 Å². The fraction of sp³-hybridized carbons (Fsp3) is 0.786. The van der Waals surface area contributed by atoms with Crippen LogP contribution in [0.15, 0.2) is 0 Å². The molecule has 2 aliphatic heterocycles. The summed E-state index contributed by atoms with van der Waals surface area (Å²) in [6.07, 6.45) is 0.495. The third-order valence-electron chi connectivity index (χ3n) is 4.10. The highest BCUT2D eigenvalue weighted by Gasteiger charge is 2.63. The molecule has 0 aromatic carbocycles. The van der Waals surface area contributed by atoms with Crippen LogP contribution in [0.1, 0.15) is 27.2 Å². The van der Waals surface area contributed by atoms with Crippen LogP contribution < -0.4 is 11.1 Å². The van der Waals surface area contributed by atoms with Crippen molar-refractivity contribution in [2.75, 3.05) is 19.7 Å². The zero-order valence-electron chi connectivity index (χ0n) is 13.6. The number of nitrogens with zero attached hydrogens (tertiary/aromatic N) is 1. The number of β-lactam (4-membered cyclic amide) rings is 1. The fourth-order valence-corrected chi connectivity index (χ4v) is 3.06. The lowest BCUT2D eigenvalue weighted by Gasteiger charge is -2.51. The second-order valence-electron chi connectivity index (χ2n) is 6.81. The van der Waals surface area contributed by atoms with E-state index in [-0.39, 0.29) is 20.0 Å². The number of primary amides is 1. The Hall–Kier alpha value is -1.32. The monoisotopic (exact) mass is 347 g/mol. The van der Waals surface area contributed by atoms with Crippen molar-refractivity contribution < 1.29 is 24.2 Å². The lowest BCUT2D eigenvalue weighted by molar-refractivity contribution is -0.176. The zero-order chi connectivity index (χ0) is 16.7.